The standard InChI is InChI=1S/C9H16N6O3S/c1-2-19(17,18)12-7-3-5-15(6-4-7)9(16)8-10-13-14-11-8/h7,12H,2-6H2,1H3,(H,10,11,13,14). The predicted molar refractivity (Wildman–Crippen MR) is 65.7 cm³/mol. The molecule has 0 saturated carbocycles. The molecule has 9 nitrogen and oxygen atoms in total. The smallest absolute Gasteiger partial charge is 0.295 e. The van der Waals surface area contributed by atoms with E-state index in [4.69, 9.17) is 0 Å². The Morgan fingerprint density at radius 1 is 1.47 bits per heavy atom. The van der Waals surface area contributed by atoms with E-state index in [1.54, 1.807) is 11.8 Å². The highest BCUT2D eigenvalue weighted by Gasteiger charge is 2.27. The van der Waals surface area contributed by atoms with Crippen molar-refractivity contribution in [3.8, 4) is 0 Å². The number of nitrogens with one attached hydrogen (secondary N) is 2. The van der Waals surface area contributed by atoms with E-state index < -0.39 is 10.0 Å². The van der Waals surface area contributed by atoms with Crippen molar-refractivity contribution in [1.82, 2.24) is 30.2 Å². The Morgan fingerprint density at radius 2 is 2.16 bits per heavy atom. The van der Waals surface area contributed by atoms with Crippen molar-refractivity contribution in [2.24, 2.45) is 0 Å². The van der Waals surface area contributed by atoms with Crippen LogP contribution in [-0.2, 0) is 10.0 Å². The van der Waals surface area contributed by atoms with Crippen LogP contribution < -0.4 is 4.72 Å². The highest BCUT2D eigenvalue weighted by Crippen LogP contribution is 2.13. The number of carbonyl (C=O) groups excluding carboxylic acids is 1. The van der Waals surface area contributed by atoms with Gasteiger partial charge in [0.15, 0.2) is 0 Å². The Morgan fingerprint density at radius 3 is 2.68 bits per heavy atom. The summed E-state index contributed by atoms with van der Waals surface area (Å²) in [5.41, 5.74) is 0. The van der Waals surface area contributed by atoms with Crippen molar-refractivity contribution in [2.75, 3.05) is 18.8 Å². The number of piperidine rings is 1. The summed E-state index contributed by atoms with van der Waals surface area (Å²) in [6, 6.07) is -0.112. The molecule has 19 heavy (non-hydrogen) atoms. The summed E-state index contributed by atoms with van der Waals surface area (Å²) in [6.45, 7) is 2.55. The molecule has 1 aromatic rings. The van der Waals surface area contributed by atoms with E-state index in [-0.39, 0.29) is 23.5 Å². The predicted octanol–water partition coefficient (Wildman–Crippen LogP) is -1.26. The van der Waals surface area contributed by atoms with Gasteiger partial charge in [0.1, 0.15) is 0 Å². The molecule has 0 aromatic carbocycles. The molecule has 10 heteroatoms. The van der Waals surface area contributed by atoms with Crippen LogP contribution in [0.2, 0.25) is 0 Å². The molecule has 0 aliphatic carbocycles. The van der Waals surface area contributed by atoms with Crippen molar-refractivity contribution in [2.45, 2.75) is 25.8 Å². The number of hydrogen-bond donors (Lipinski definition) is 2. The lowest BCUT2D eigenvalue weighted by atomic mass is 10.1. The summed E-state index contributed by atoms with van der Waals surface area (Å²) in [5, 5.41) is 12.8. The summed E-state index contributed by atoms with van der Waals surface area (Å²) < 4.78 is 25.5. The number of H-pyrrole nitrogens is 1. The number of rotatable bonds is 4. The fourth-order valence-corrected chi connectivity index (χ4v) is 2.84. The maximum absolute atomic E-state index is 11.9. The number of amides is 1. The maximum atomic E-state index is 11.9. The number of aromatic nitrogens is 4. The molecular formula is C9H16N6O3S. The number of tetrazole rings is 1. The molecule has 0 unspecified atom stereocenters. The maximum Gasteiger partial charge on any atom is 0.295 e. The quantitative estimate of drug-likeness (QED) is 0.713. The molecule has 1 aliphatic heterocycles. The van der Waals surface area contributed by atoms with Gasteiger partial charge in [-0.3, -0.25) is 4.79 Å². The van der Waals surface area contributed by atoms with E-state index in [0.717, 1.165) is 0 Å². The molecule has 1 aromatic heterocycles. The van der Waals surface area contributed by atoms with Gasteiger partial charge in [-0.15, -0.1) is 10.2 Å². The highest BCUT2D eigenvalue weighted by molar-refractivity contribution is 7.89. The summed E-state index contributed by atoms with van der Waals surface area (Å²) in [6.07, 6.45) is 1.17. The summed E-state index contributed by atoms with van der Waals surface area (Å²) in [4.78, 5) is 13.5. The molecule has 2 rings (SSSR count). The van der Waals surface area contributed by atoms with Crippen molar-refractivity contribution in [3.63, 3.8) is 0 Å². The van der Waals surface area contributed by atoms with E-state index in [0.29, 0.717) is 25.9 Å². The zero-order valence-electron chi connectivity index (χ0n) is 10.5. The second-order valence-corrected chi connectivity index (χ2v) is 6.37. The number of hydrogen-bond acceptors (Lipinski definition) is 6. The number of sulfonamides is 1. The van der Waals surface area contributed by atoms with Crippen LogP contribution in [0.25, 0.3) is 0 Å². The van der Waals surface area contributed by atoms with Gasteiger partial charge in [-0.2, -0.15) is 5.21 Å². The minimum absolute atomic E-state index is 0.0348. The van der Waals surface area contributed by atoms with Gasteiger partial charge in [0.25, 0.3) is 11.7 Å². The molecule has 1 saturated heterocycles. The van der Waals surface area contributed by atoms with Gasteiger partial charge in [0.05, 0.1) is 5.75 Å². The Kier molecular flexibility index (Phi) is 4.10. The van der Waals surface area contributed by atoms with E-state index in [2.05, 4.69) is 25.3 Å². The molecule has 1 amide bonds. The van der Waals surface area contributed by atoms with Gasteiger partial charge in [0.2, 0.25) is 10.0 Å². The second-order valence-electron chi connectivity index (χ2n) is 4.32. The fraction of sp³-hybridized carbons (Fsp3) is 0.778. The zero-order chi connectivity index (χ0) is 13.9. The average Bonchev–Trinajstić information content (AvgIpc) is 2.92. The molecule has 0 spiro atoms. The topological polar surface area (TPSA) is 121 Å². The van der Waals surface area contributed by atoms with Crippen molar-refractivity contribution >= 4 is 15.9 Å². The van der Waals surface area contributed by atoms with Gasteiger partial charge >= 0.3 is 0 Å². The summed E-state index contributed by atoms with van der Waals surface area (Å²) in [7, 11) is -3.19. The molecule has 0 bridgehead atoms. The first-order valence-electron chi connectivity index (χ1n) is 6.04. The van der Waals surface area contributed by atoms with Gasteiger partial charge in [0, 0.05) is 19.1 Å². The van der Waals surface area contributed by atoms with Crippen LogP contribution >= 0.6 is 0 Å². The third-order valence-electron chi connectivity index (χ3n) is 3.05. The Balaban J connectivity index is 1.88. The van der Waals surface area contributed by atoms with Crippen LogP contribution in [0.15, 0.2) is 0 Å². The van der Waals surface area contributed by atoms with Gasteiger partial charge in [-0.05, 0) is 25.0 Å². The first-order valence-corrected chi connectivity index (χ1v) is 7.70. The monoisotopic (exact) mass is 288 g/mol. The van der Waals surface area contributed by atoms with Gasteiger partial charge in [-0.1, -0.05) is 0 Å². The highest BCUT2D eigenvalue weighted by atomic mass is 32.2. The van der Waals surface area contributed by atoms with Gasteiger partial charge < -0.3 is 4.90 Å². The first kappa shape index (κ1) is 13.9. The van der Waals surface area contributed by atoms with Crippen LogP contribution in [-0.4, -0.2) is 64.7 Å². The number of aromatic amines is 1. The molecule has 2 heterocycles. The van der Waals surface area contributed by atoms with Gasteiger partial charge in [-0.25, -0.2) is 13.1 Å². The van der Waals surface area contributed by atoms with Crippen molar-refractivity contribution in [3.05, 3.63) is 5.82 Å². The average molecular weight is 288 g/mol. The third kappa shape index (κ3) is 3.47. The van der Waals surface area contributed by atoms with Crippen LogP contribution in [0, 0.1) is 0 Å². The zero-order valence-corrected chi connectivity index (χ0v) is 11.4. The lowest BCUT2D eigenvalue weighted by molar-refractivity contribution is 0.0699. The molecular weight excluding hydrogens is 272 g/mol. The Hall–Kier alpha value is -1.55. The SMILES string of the molecule is CCS(=O)(=O)NC1CCN(C(=O)c2nn[nH]n2)CC1. The molecule has 1 fully saturated rings. The second kappa shape index (κ2) is 5.61. The first-order chi connectivity index (χ1) is 9.02. The van der Waals surface area contributed by atoms with E-state index in [1.165, 1.54) is 0 Å². The minimum Gasteiger partial charge on any atom is -0.336 e. The summed E-state index contributed by atoms with van der Waals surface area (Å²) >= 11 is 0. The Bertz CT molecular complexity index is 520. The largest absolute Gasteiger partial charge is 0.336 e. The van der Waals surface area contributed by atoms with Crippen LogP contribution in [0.5, 0.6) is 0 Å². The molecule has 1 aliphatic rings. The van der Waals surface area contributed by atoms with Crippen LogP contribution in [0.4, 0.5) is 0 Å². The van der Waals surface area contributed by atoms with E-state index >= 15 is 0 Å². The van der Waals surface area contributed by atoms with Crippen molar-refractivity contribution in [1.29, 1.82) is 0 Å². The number of nitrogens with zero attached hydrogens (tertiary/aromatic N) is 4. The molecule has 106 valence electrons. The van der Waals surface area contributed by atoms with Crippen LogP contribution in [0.3, 0.4) is 0 Å². The van der Waals surface area contributed by atoms with E-state index in [9.17, 15) is 13.2 Å². The number of carbonyl (C=O) groups is 1. The molecule has 0 radical (unpaired) electrons. The summed E-state index contributed by atoms with van der Waals surface area (Å²) in [5.74, 6) is -0.187. The number of likely N-dealkylation sites (tertiary alicyclic amines) is 1. The normalized spacial score (nSPS) is 17.6. The fourth-order valence-electron chi connectivity index (χ4n) is 1.93. The minimum atomic E-state index is -3.19. The molecule has 0 atom stereocenters. The lowest BCUT2D eigenvalue weighted by Crippen LogP contribution is -2.47. The Labute approximate surface area is 110 Å². The van der Waals surface area contributed by atoms with Crippen molar-refractivity contribution < 1.29 is 13.2 Å². The third-order valence-corrected chi connectivity index (χ3v) is 4.50. The lowest BCUT2D eigenvalue weighted by Gasteiger charge is -2.31. The van der Waals surface area contributed by atoms with Crippen LogP contribution in [0.1, 0.15) is 30.4 Å². The molecule has 2 N–H and O–H groups in total. The van der Waals surface area contributed by atoms with E-state index in [1.807, 2.05) is 0 Å².